The molecule has 1 aromatic rings. The Kier molecular flexibility index (Phi) is 2.52. The first-order chi connectivity index (χ1) is 7.71. The molecule has 0 amide bonds. The van der Waals surface area contributed by atoms with Crippen molar-refractivity contribution in [2.45, 2.75) is 43.5 Å². The zero-order valence-electron chi connectivity index (χ0n) is 9.99. The number of fused-ring (bicyclic) bond motifs is 2. The van der Waals surface area contributed by atoms with Crippen molar-refractivity contribution in [1.82, 2.24) is 5.32 Å². The van der Waals surface area contributed by atoms with Crippen LogP contribution in [0.5, 0.6) is 0 Å². The Morgan fingerprint density at radius 1 is 1.31 bits per heavy atom. The molecule has 1 N–H and O–H groups in total. The second-order valence-corrected chi connectivity index (χ2v) is 6.53. The quantitative estimate of drug-likeness (QED) is 0.736. The zero-order valence-corrected chi connectivity index (χ0v) is 10.8. The number of thioether (sulfide) groups is 1. The van der Waals surface area contributed by atoms with Gasteiger partial charge in [-0.3, -0.25) is 5.32 Å². The largest absolute Gasteiger partial charge is 0.296 e. The van der Waals surface area contributed by atoms with E-state index in [1.165, 1.54) is 18.6 Å². The molecule has 1 aromatic carbocycles. The highest BCUT2D eigenvalue weighted by atomic mass is 32.2. The molecule has 3 rings (SSSR count). The van der Waals surface area contributed by atoms with E-state index in [-0.39, 0.29) is 4.87 Å². The van der Waals surface area contributed by atoms with Crippen LogP contribution in [0.15, 0.2) is 24.3 Å². The van der Waals surface area contributed by atoms with Crippen LogP contribution in [0.4, 0.5) is 0 Å². The molecule has 0 bridgehead atoms. The van der Waals surface area contributed by atoms with Gasteiger partial charge in [0.25, 0.3) is 0 Å². The van der Waals surface area contributed by atoms with Crippen LogP contribution in [-0.2, 0) is 4.87 Å². The van der Waals surface area contributed by atoms with E-state index in [2.05, 4.69) is 55.2 Å². The van der Waals surface area contributed by atoms with Crippen LogP contribution in [0.3, 0.4) is 0 Å². The fraction of sp³-hybridized carbons (Fsp3) is 0.571. The Hall–Kier alpha value is -0.470. The van der Waals surface area contributed by atoms with Gasteiger partial charge in [0.2, 0.25) is 0 Å². The van der Waals surface area contributed by atoms with Gasteiger partial charge in [-0.05, 0) is 36.8 Å². The lowest BCUT2D eigenvalue weighted by Crippen LogP contribution is -2.41. The Bertz CT molecular complexity index is 403. The van der Waals surface area contributed by atoms with Crippen molar-refractivity contribution in [2.75, 3.05) is 5.75 Å². The standard InChI is InChI=1S/C14H19NS/c1-10-7-8-14(15-11(2)9-16-14)13-6-4-3-5-12(10)13/h3-6,10-11,15H,7-9H2,1-2H3. The smallest absolute Gasteiger partial charge is 0.0907 e. The molecule has 1 saturated heterocycles. The maximum atomic E-state index is 3.81. The molecule has 1 fully saturated rings. The molecule has 1 aliphatic carbocycles. The van der Waals surface area contributed by atoms with Gasteiger partial charge >= 0.3 is 0 Å². The molecule has 1 heterocycles. The molecule has 2 heteroatoms. The maximum absolute atomic E-state index is 3.81. The number of nitrogens with one attached hydrogen (secondary N) is 1. The number of hydrogen-bond donors (Lipinski definition) is 1. The highest BCUT2D eigenvalue weighted by Gasteiger charge is 2.43. The van der Waals surface area contributed by atoms with Gasteiger partial charge in [-0.15, -0.1) is 11.8 Å². The first-order valence-electron chi connectivity index (χ1n) is 6.22. The molecule has 1 nitrogen and oxygen atoms in total. The van der Waals surface area contributed by atoms with Crippen LogP contribution in [0.1, 0.15) is 43.7 Å². The molecule has 1 spiro atoms. The highest BCUT2D eigenvalue weighted by molar-refractivity contribution is 8.00. The van der Waals surface area contributed by atoms with Gasteiger partial charge in [-0.1, -0.05) is 31.2 Å². The summed E-state index contributed by atoms with van der Waals surface area (Å²) in [4.78, 5) is 0.225. The molecular weight excluding hydrogens is 214 g/mol. The van der Waals surface area contributed by atoms with Gasteiger partial charge < -0.3 is 0 Å². The minimum Gasteiger partial charge on any atom is -0.296 e. The van der Waals surface area contributed by atoms with Crippen LogP contribution >= 0.6 is 11.8 Å². The van der Waals surface area contributed by atoms with Gasteiger partial charge in [-0.25, -0.2) is 0 Å². The Labute approximate surface area is 102 Å². The van der Waals surface area contributed by atoms with Crippen LogP contribution in [0, 0.1) is 0 Å². The van der Waals surface area contributed by atoms with Gasteiger partial charge in [0.05, 0.1) is 4.87 Å². The molecule has 3 unspecified atom stereocenters. The van der Waals surface area contributed by atoms with E-state index < -0.39 is 0 Å². The molecule has 86 valence electrons. The van der Waals surface area contributed by atoms with E-state index in [0.717, 1.165) is 5.92 Å². The number of rotatable bonds is 0. The van der Waals surface area contributed by atoms with E-state index >= 15 is 0 Å². The van der Waals surface area contributed by atoms with Gasteiger partial charge in [-0.2, -0.15) is 0 Å². The van der Waals surface area contributed by atoms with Crippen molar-refractivity contribution in [2.24, 2.45) is 0 Å². The SMILES string of the molecule is CC1CSC2(CCC(C)c3ccccc32)N1. The Balaban J connectivity index is 2.08. The van der Waals surface area contributed by atoms with Crippen molar-refractivity contribution in [1.29, 1.82) is 0 Å². The summed E-state index contributed by atoms with van der Waals surface area (Å²) in [6.07, 6.45) is 2.59. The third kappa shape index (κ3) is 1.51. The van der Waals surface area contributed by atoms with Crippen LogP contribution < -0.4 is 5.32 Å². The van der Waals surface area contributed by atoms with E-state index in [1.54, 1.807) is 11.1 Å². The normalized spacial score (nSPS) is 37.6. The zero-order chi connectivity index (χ0) is 11.2. The monoisotopic (exact) mass is 233 g/mol. The number of benzene rings is 1. The Morgan fingerprint density at radius 2 is 2.12 bits per heavy atom. The highest BCUT2D eigenvalue weighted by Crippen LogP contribution is 2.50. The average Bonchev–Trinajstić information content (AvgIpc) is 2.68. The molecule has 1 aliphatic heterocycles. The predicted molar refractivity (Wildman–Crippen MR) is 70.8 cm³/mol. The van der Waals surface area contributed by atoms with Crippen LogP contribution in [0.2, 0.25) is 0 Å². The molecule has 0 radical (unpaired) electrons. The summed E-state index contributed by atoms with van der Waals surface area (Å²) >= 11 is 2.11. The summed E-state index contributed by atoms with van der Waals surface area (Å²) in [7, 11) is 0. The van der Waals surface area contributed by atoms with Crippen molar-refractivity contribution in [3.63, 3.8) is 0 Å². The molecule has 0 saturated carbocycles. The van der Waals surface area contributed by atoms with E-state index in [9.17, 15) is 0 Å². The maximum Gasteiger partial charge on any atom is 0.0907 e. The van der Waals surface area contributed by atoms with Crippen LogP contribution in [-0.4, -0.2) is 11.8 Å². The summed E-state index contributed by atoms with van der Waals surface area (Å²) < 4.78 is 0. The van der Waals surface area contributed by atoms with E-state index in [1.807, 2.05) is 0 Å². The van der Waals surface area contributed by atoms with Crippen molar-refractivity contribution in [3.8, 4) is 0 Å². The topological polar surface area (TPSA) is 12.0 Å². The molecule has 0 aromatic heterocycles. The van der Waals surface area contributed by atoms with Gasteiger partial charge in [0.1, 0.15) is 0 Å². The summed E-state index contributed by atoms with van der Waals surface area (Å²) in [5.41, 5.74) is 3.10. The summed E-state index contributed by atoms with van der Waals surface area (Å²) in [6.45, 7) is 4.65. The first kappa shape index (κ1) is 10.7. The fourth-order valence-electron chi connectivity index (χ4n) is 3.05. The lowest BCUT2D eigenvalue weighted by Gasteiger charge is -2.38. The van der Waals surface area contributed by atoms with Gasteiger partial charge in [0, 0.05) is 11.8 Å². The molecular formula is C14H19NS. The second kappa shape index (κ2) is 3.78. The summed E-state index contributed by atoms with van der Waals surface area (Å²) in [5.74, 6) is 1.96. The molecule has 16 heavy (non-hydrogen) atoms. The lowest BCUT2D eigenvalue weighted by molar-refractivity contribution is 0.387. The van der Waals surface area contributed by atoms with Crippen LogP contribution in [0.25, 0.3) is 0 Å². The molecule has 2 aliphatic rings. The first-order valence-corrected chi connectivity index (χ1v) is 7.21. The lowest BCUT2D eigenvalue weighted by atomic mass is 9.80. The third-order valence-electron chi connectivity index (χ3n) is 3.92. The van der Waals surface area contributed by atoms with Crippen molar-refractivity contribution >= 4 is 11.8 Å². The van der Waals surface area contributed by atoms with Gasteiger partial charge in [0.15, 0.2) is 0 Å². The minimum absolute atomic E-state index is 0.225. The Morgan fingerprint density at radius 3 is 2.88 bits per heavy atom. The van der Waals surface area contributed by atoms with E-state index in [0.29, 0.717) is 6.04 Å². The average molecular weight is 233 g/mol. The second-order valence-electron chi connectivity index (χ2n) is 5.21. The molecule has 3 atom stereocenters. The minimum atomic E-state index is 0.225. The van der Waals surface area contributed by atoms with E-state index in [4.69, 9.17) is 0 Å². The predicted octanol–water partition coefficient (Wildman–Crippen LogP) is 3.46. The fourth-order valence-corrected chi connectivity index (χ4v) is 4.56. The van der Waals surface area contributed by atoms with Crippen molar-refractivity contribution in [3.05, 3.63) is 35.4 Å². The third-order valence-corrected chi connectivity index (χ3v) is 5.62. The number of hydrogen-bond acceptors (Lipinski definition) is 2. The summed E-state index contributed by atoms with van der Waals surface area (Å²) in [5, 5.41) is 3.81. The summed E-state index contributed by atoms with van der Waals surface area (Å²) in [6, 6.07) is 9.64. The van der Waals surface area contributed by atoms with Crippen molar-refractivity contribution < 1.29 is 0 Å².